The van der Waals surface area contributed by atoms with Gasteiger partial charge in [-0.05, 0) is 24.1 Å². The van der Waals surface area contributed by atoms with Gasteiger partial charge in [0.15, 0.2) is 0 Å². The molecule has 98 valence electrons. The Morgan fingerprint density at radius 3 is 2.58 bits per heavy atom. The third kappa shape index (κ3) is 3.23. The van der Waals surface area contributed by atoms with Gasteiger partial charge in [-0.25, -0.2) is 0 Å². The van der Waals surface area contributed by atoms with Gasteiger partial charge in [-0.1, -0.05) is 41.9 Å². The average Bonchev–Trinajstić information content (AvgIpc) is 2.40. The van der Waals surface area contributed by atoms with Crippen LogP contribution in [0.15, 0.2) is 42.5 Å². The van der Waals surface area contributed by atoms with Gasteiger partial charge in [-0.15, -0.1) is 0 Å². The largest absolute Gasteiger partial charge is 0.375 e. The zero-order valence-corrected chi connectivity index (χ0v) is 11.1. The fourth-order valence-electron chi connectivity index (χ4n) is 1.75. The van der Waals surface area contributed by atoms with Crippen LogP contribution in [0.25, 0.3) is 0 Å². The molecule has 2 aromatic carbocycles. The molecule has 0 aliphatic heterocycles. The minimum atomic E-state index is -0.406. The second-order valence-corrected chi connectivity index (χ2v) is 4.62. The number of nitrogens with one attached hydrogen (secondary N) is 1. The number of nitrogens with zero attached hydrogens (tertiary/aromatic N) is 1. The highest BCUT2D eigenvalue weighted by Gasteiger charge is 2.15. The topological polar surface area (TPSA) is 55.2 Å². The molecule has 0 saturated carbocycles. The molecular formula is C14H13ClN2O2. The second-order valence-electron chi connectivity index (χ2n) is 4.21. The first-order valence-electron chi connectivity index (χ1n) is 5.80. The van der Waals surface area contributed by atoms with E-state index in [1.165, 1.54) is 6.07 Å². The molecular weight excluding hydrogens is 264 g/mol. The first-order chi connectivity index (χ1) is 9.08. The number of aryl methyl sites for hydroxylation is 1. The lowest BCUT2D eigenvalue weighted by molar-refractivity contribution is -0.384. The number of nitro benzene ring substituents is 1. The molecule has 2 aromatic rings. The summed E-state index contributed by atoms with van der Waals surface area (Å²) in [7, 11) is 0. The zero-order valence-electron chi connectivity index (χ0n) is 10.4. The number of benzene rings is 2. The molecule has 0 saturated heterocycles. The van der Waals surface area contributed by atoms with Crippen LogP contribution in [0.5, 0.6) is 0 Å². The van der Waals surface area contributed by atoms with E-state index in [9.17, 15) is 10.1 Å². The SMILES string of the molecule is Cc1cc([N+](=O)[O-])c(NCc2ccccc2)cc1Cl. The Balaban J connectivity index is 2.24. The molecule has 2 rings (SSSR count). The minimum Gasteiger partial charge on any atom is -0.375 e. The Hall–Kier alpha value is -2.07. The van der Waals surface area contributed by atoms with Crippen molar-refractivity contribution in [2.75, 3.05) is 5.32 Å². The molecule has 0 fully saturated rings. The first-order valence-corrected chi connectivity index (χ1v) is 6.18. The van der Waals surface area contributed by atoms with Crippen molar-refractivity contribution in [1.29, 1.82) is 0 Å². The van der Waals surface area contributed by atoms with Gasteiger partial charge in [-0.2, -0.15) is 0 Å². The van der Waals surface area contributed by atoms with Crippen LogP contribution < -0.4 is 5.32 Å². The Morgan fingerprint density at radius 1 is 1.26 bits per heavy atom. The highest BCUT2D eigenvalue weighted by atomic mass is 35.5. The summed E-state index contributed by atoms with van der Waals surface area (Å²) in [6, 6.07) is 12.8. The predicted molar refractivity (Wildman–Crippen MR) is 76.6 cm³/mol. The first kappa shape index (κ1) is 13.4. The zero-order chi connectivity index (χ0) is 13.8. The van der Waals surface area contributed by atoms with Crippen LogP contribution in [0.2, 0.25) is 5.02 Å². The third-order valence-corrected chi connectivity index (χ3v) is 3.21. The average molecular weight is 277 g/mol. The summed E-state index contributed by atoms with van der Waals surface area (Å²) >= 11 is 6.01. The van der Waals surface area contributed by atoms with Crippen LogP contribution in [0.3, 0.4) is 0 Å². The predicted octanol–water partition coefficient (Wildman–Crippen LogP) is 4.17. The van der Waals surface area contributed by atoms with Crippen LogP contribution in [-0.2, 0) is 6.54 Å². The Kier molecular flexibility index (Phi) is 4.02. The molecule has 0 unspecified atom stereocenters. The molecule has 0 atom stereocenters. The second kappa shape index (κ2) is 5.71. The number of rotatable bonds is 4. The molecule has 0 aliphatic rings. The van der Waals surface area contributed by atoms with E-state index in [0.717, 1.165) is 5.56 Å². The summed E-state index contributed by atoms with van der Waals surface area (Å²) in [6.07, 6.45) is 0. The lowest BCUT2D eigenvalue weighted by atomic mass is 10.1. The van der Waals surface area contributed by atoms with Gasteiger partial charge in [-0.3, -0.25) is 10.1 Å². The van der Waals surface area contributed by atoms with E-state index in [0.29, 0.717) is 22.8 Å². The molecule has 19 heavy (non-hydrogen) atoms. The molecule has 0 bridgehead atoms. The molecule has 0 aliphatic carbocycles. The van der Waals surface area contributed by atoms with Crippen LogP contribution in [0, 0.1) is 17.0 Å². The number of hydrogen-bond acceptors (Lipinski definition) is 3. The van der Waals surface area contributed by atoms with Crippen molar-refractivity contribution in [2.24, 2.45) is 0 Å². The summed E-state index contributed by atoms with van der Waals surface area (Å²) in [4.78, 5) is 10.6. The summed E-state index contributed by atoms with van der Waals surface area (Å²) in [5.74, 6) is 0. The Labute approximate surface area is 116 Å². The molecule has 0 aromatic heterocycles. The Bertz CT molecular complexity index is 600. The number of halogens is 1. The summed E-state index contributed by atoms with van der Waals surface area (Å²) < 4.78 is 0. The van der Waals surface area contributed by atoms with E-state index in [-0.39, 0.29) is 5.69 Å². The quantitative estimate of drug-likeness (QED) is 0.673. The van der Waals surface area contributed by atoms with E-state index in [4.69, 9.17) is 11.6 Å². The Morgan fingerprint density at radius 2 is 1.95 bits per heavy atom. The highest BCUT2D eigenvalue weighted by Crippen LogP contribution is 2.31. The van der Waals surface area contributed by atoms with E-state index in [2.05, 4.69) is 5.32 Å². The van der Waals surface area contributed by atoms with E-state index >= 15 is 0 Å². The van der Waals surface area contributed by atoms with Crippen LogP contribution in [-0.4, -0.2) is 4.92 Å². The summed E-state index contributed by atoms with van der Waals surface area (Å²) in [5.41, 5.74) is 2.22. The molecule has 0 heterocycles. The molecule has 1 N–H and O–H groups in total. The lowest BCUT2D eigenvalue weighted by Gasteiger charge is -2.09. The molecule has 0 spiro atoms. The van der Waals surface area contributed by atoms with Crippen molar-refractivity contribution in [3.8, 4) is 0 Å². The van der Waals surface area contributed by atoms with Crippen LogP contribution >= 0.6 is 11.6 Å². The number of hydrogen-bond donors (Lipinski definition) is 1. The fourth-order valence-corrected chi connectivity index (χ4v) is 1.92. The van der Waals surface area contributed by atoms with Crippen LogP contribution in [0.4, 0.5) is 11.4 Å². The number of anilines is 1. The van der Waals surface area contributed by atoms with E-state index in [1.807, 2.05) is 30.3 Å². The highest BCUT2D eigenvalue weighted by molar-refractivity contribution is 6.31. The monoisotopic (exact) mass is 276 g/mol. The van der Waals surface area contributed by atoms with E-state index < -0.39 is 4.92 Å². The van der Waals surface area contributed by atoms with Gasteiger partial charge in [0.25, 0.3) is 5.69 Å². The van der Waals surface area contributed by atoms with Crippen molar-refractivity contribution in [3.05, 3.63) is 68.7 Å². The normalized spacial score (nSPS) is 10.2. The van der Waals surface area contributed by atoms with Crippen molar-refractivity contribution >= 4 is 23.0 Å². The maximum Gasteiger partial charge on any atom is 0.292 e. The van der Waals surface area contributed by atoms with E-state index in [1.54, 1.807) is 13.0 Å². The van der Waals surface area contributed by atoms with Crippen molar-refractivity contribution < 1.29 is 4.92 Å². The summed E-state index contributed by atoms with van der Waals surface area (Å²) in [6.45, 7) is 2.26. The fraction of sp³-hybridized carbons (Fsp3) is 0.143. The van der Waals surface area contributed by atoms with Gasteiger partial charge in [0, 0.05) is 17.6 Å². The van der Waals surface area contributed by atoms with Gasteiger partial charge < -0.3 is 5.32 Å². The van der Waals surface area contributed by atoms with Crippen molar-refractivity contribution in [1.82, 2.24) is 0 Å². The maximum absolute atomic E-state index is 11.0. The van der Waals surface area contributed by atoms with Gasteiger partial charge >= 0.3 is 0 Å². The van der Waals surface area contributed by atoms with Crippen LogP contribution in [0.1, 0.15) is 11.1 Å². The third-order valence-electron chi connectivity index (χ3n) is 2.80. The molecule has 0 amide bonds. The molecule has 0 radical (unpaired) electrons. The molecule has 4 nitrogen and oxygen atoms in total. The van der Waals surface area contributed by atoms with Gasteiger partial charge in [0.05, 0.1) is 4.92 Å². The van der Waals surface area contributed by atoms with Gasteiger partial charge in [0.1, 0.15) is 5.69 Å². The van der Waals surface area contributed by atoms with Crippen molar-refractivity contribution in [3.63, 3.8) is 0 Å². The van der Waals surface area contributed by atoms with Crippen molar-refractivity contribution in [2.45, 2.75) is 13.5 Å². The maximum atomic E-state index is 11.0. The molecule has 5 heteroatoms. The lowest BCUT2D eigenvalue weighted by Crippen LogP contribution is -2.03. The van der Waals surface area contributed by atoms with Gasteiger partial charge in [0.2, 0.25) is 0 Å². The smallest absolute Gasteiger partial charge is 0.292 e. The number of nitro groups is 1. The summed E-state index contributed by atoms with van der Waals surface area (Å²) in [5, 5.41) is 14.6. The minimum absolute atomic E-state index is 0.0397. The standard InChI is InChI=1S/C14H13ClN2O2/c1-10-7-14(17(18)19)13(8-12(10)15)16-9-11-5-3-2-4-6-11/h2-8,16H,9H2,1H3.